The lowest BCUT2D eigenvalue weighted by atomic mass is 9.89. The Hall–Kier alpha value is -1.46. The van der Waals surface area contributed by atoms with Crippen LogP contribution >= 0.6 is 0 Å². The molecule has 1 saturated heterocycles. The number of carbonyl (C=O) groups excluding carboxylic acids is 1. The van der Waals surface area contributed by atoms with E-state index in [2.05, 4.69) is 22.3 Å². The molecule has 0 aliphatic carbocycles. The fourth-order valence-corrected chi connectivity index (χ4v) is 2.23. The van der Waals surface area contributed by atoms with E-state index in [9.17, 15) is 30.3 Å². The predicted molar refractivity (Wildman–Crippen MR) is 70.6 cm³/mol. The van der Waals surface area contributed by atoms with E-state index < -0.39 is 48.4 Å². The fraction of sp³-hybridized carbons (Fsp3) is 0.818. The van der Waals surface area contributed by atoms with Crippen molar-refractivity contribution in [2.75, 3.05) is 0 Å². The molecule has 0 bridgehead atoms. The Kier molecular flexibility index (Phi) is 6.08. The molecule has 1 amide bonds. The van der Waals surface area contributed by atoms with Crippen LogP contribution in [0.5, 0.6) is 0 Å². The number of amides is 1. The summed E-state index contributed by atoms with van der Waals surface area (Å²) in [6, 6.07) is -1.18. The molecule has 11 nitrogen and oxygen atoms in total. The van der Waals surface area contributed by atoms with Gasteiger partial charge in [0.15, 0.2) is 12.0 Å². The number of aliphatic hydroxyl groups is 5. The molecule has 7 atom stereocenters. The zero-order valence-electron chi connectivity index (χ0n) is 11.8. The van der Waals surface area contributed by atoms with E-state index >= 15 is 0 Å². The highest BCUT2D eigenvalue weighted by Crippen LogP contribution is 2.30. The van der Waals surface area contributed by atoms with E-state index in [0.29, 0.717) is 0 Å². The summed E-state index contributed by atoms with van der Waals surface area (Å²) in [7, 11) is 0. The van der Waals surface area contributed by atoms with Gasteiger partial charge in [0.2, 0.25) is 5.91 Å². The largest absolute Gasteiger partial charge is 0.391 e. The Morgan fingerprint density at radius 2 is 2.14 bits per heavy atom. The zero-order chi connectivity index (χ0) is 17.1. The summed E-state index contributed by atoms with van der Waals surface area (Å²) in [4.78, 5) is 13.5. The first-order valence-electron chi connectivity index (χ1n) is 6.38. The van der Waals surface area contributed by atoms with Crippen molar-refractivity contribution in [3.05, 3.63) is 17.4 Å². The highest BCUT2D eigenvalue weighted by atomic mass is 16.6. The molecule has 1 heterocycles. The lowest BCUT2D eigenvalue weighted by Gasteiger charge is -2.45. The van der Waals surface area contributed by atoms with Crippen molar-refractivity contribution >= 4 is 5.91 Å². The first kappa shape index (κ1) is 18.6. The molecule has 1 aliphatic heterocycles. The first-order chi connectivity index (χ1) is 10.1. The van der Waals surface area contributed by atoms with E-state index in [1.807, 2.05) is 0 Å². The smallest absolute Gasteiger partial charge is 0.217 e. The molecule has 1 fully saturated rings. The molecule has 0 aromatic heterocycles. The van der Waals surface area contributed by atoms with Crippen LogP contribution in [0.3, 0.4) is 0 Å². The molecule has 1 unspecified atom stereocenters. The second kappa shape index (κ2) is 7.20. The maximum atomic E-state index is 11.2. The molecule has 1 rings (SSSR count). The van der Waals surface area contributed by atoms with Crippen molar-refractivity contribution in [1.29, 1.82) is 0 Å². The number of rotatable bonds is 5. The van der Waals surface area contributed by atoms with Gasteiger partial charge >= 0.3 is 0 Å². The number of nitrogens with zero attached hydrogens (tertiary/aromatic N) is 3. The third-order valence-electron chi connectivity index (χ3n) is 3.18. The van der Waals surface area contributed by atoms with Crippen molar-refractivity contribution in [3.8, 4) is 0 Å². The van der Waals surface area contributed by atoms with Crippen LogP contribution in [0, 0.1) is 6.92 Å². The number of nitrogens with one attached hydrogen (secondary N) is 1. The molecule has 125 valence electrons. The minimum Gasteiger partial charge on any atom is -0.391 e. The summed E-state index contributed by atoms with van der Waals surface area (Å²) in [6.07, 6.45) is -9.04. The third kappa shape index (κ3) is 4.52. The van der Waals surface area contributed by atoms with Gasteiger partial charge < -0.3 is 35.6 Å². The standard InChI is InChI=1S/C11H19N4O7/c1-4(16)13-6-5(17)3-11(2,21)22-9(6)7(18)8(19)10(20)14-15-12/h5-10,17-21H,2-3H2,1H3,(H,13,16)/t5-,6+,7+,8-,9+,10?,11+/m0/s1. The van der Waals surface area contributed by atoms with Gasteiger partial charge in [0.1, 0.15) is 18.3 Å². The van der Waals surface area contributed by atoms with Crippen molar-refractivity contribution in [2.45, 2.75) is 55.8 Å². The van der Waals surface area contributed by atoms with Gasteiger partial charge in [-0.2, -0.15) is 0 Å². The van der Waals surface area contributed by atoms with Crippen molar-refractivity contribution in [3.63, 3.8) is 0 Å². The highest BCUT2D eigenvalue weighted by molar-refractivity contribution is 5.73. The monoisotopic (exact) mass is 319 g/mol. The van der Waals surface area contributed by atoms with E-state index in [4.69, 9.17) is 10.3 Å². The Bertz CT molecular complexity index is 454. The van der Waals surface area contributed by atoms with Gasteiger partial charge in [0.25, 0.3) is 0 Å². The molecule has 0 saturated carbocycles. The van der Waals surface area contributed by atoms with Crippen LogP contribution in [-0.4, -0.2) is 73.9 Å². The maximum Gasteiger partial charge on any atom is 0.217 e. The topological polar surface area (TPSA) is 188 Å². The molecule has 0 aromatic rings. The maximum absolute atomic E-state index is 11.2. The number of ether oxygens (including phenoxy) is 1. The van der Waals surface area contributed by atoms with Gasteiger partial charge in [-0.25, -0.2) is 0 Å². The zero-order valence-corrected chi connectivity index (χ0v) is 11.8. The summed E-state index contributed by atoms with van der Waals surface area (Å²) in [5.41, 5.74) is 8.20. The minimum atomic E-state index is -2.07. The molecule has 0 spiro atoms. The van der Waals surface area contributed by atoms with Gasteiger partial charge in [0.05, 0.1) is 12.1 Å². The number of hydrogen-bond acceptors (Lipinski definition) is 8. The molecule has 11 heteroatoms. The highest BCUT2D eigenvalue weighted by Gasteiger charge is 2.48. The molecule has 22 heavy (non-hydrogen) atoms. The van der Waals surface area contributed by atoms with Crippen LogP contribution in [0.25, 0.3) is 10.4 Å². The van der Waals surface area contributed by atoms with E-state index in [1.165, 1.54) is 0 Å². The molecule has 1 radical (unpaired) electrons. The van der Waals surface area contributed by atoms with E-state index in [1.54, 1.807) is 0 Å². The third-order valence-corrected chi connectivity index (χ3v) is 3.18. The molecular formula is C11H19N4O7. The van der Waals surface area contributed by atoms with Crippen LogP contribution < -0.4 is 5.32 Å². The van der Waals surface area contributed by atoms with Gasteiger partial charge in [-0.15, -0.1) is 0 Å². The lowest BCUT2D eigenvalue weighted by molar-refractivity contribution is -0.281. The number of azide groups is 1. The van der Waals surface area contributed by atoms with E-state index in [0.717, 1.165) is 6.92 Å². The summed E-state index contributed by atoms with van der Waals surface area (Å²) in [5, 5.41) is 54.1. The SMILES string of the molecule is [CH2][C@]1(O)C[C@H](O)[C@@H](NC(C)=O)[C@H]([C@H](O)[C@H](O)C(O)N=[N+]=[N-])O1. The Morgan fingerprint density at radius 3 is 2.64 bits per heavy atom. The van der Waals surface area contributed by atoms with Gasteiger partial charge in [-0.3, -0.25) is 4.79 Å². The summed E-state index contributed by atoms with van der Waals surface area (Å²) < 4.78 is 5.08. The van der Waals surface area contributed by atoms with Gasteiger partial charge in [-0.1, -0.05) is 5.11 Å². The number of aliphatic hydroxyl groups excluding tert-OH is 4. The average molecular weight is 319 g/mol. The summed E-state index contributed by atoms with van der Waals surface area (Å²) in [5.74, 6) is -2.62. The molecule has 6 N–H and O–H groups in total. The molecular weight excluding hydrogens is 300 g/mol. The predicted octanol–water partition coefficient (Wildman–Crippen LogP) is -2.49. The van der Waals surface area contributed by atoms with E-state index in [-0.39, 0.29) is 6.42 Å². The van der Waals surface area contributed by atoms with Crippen molar-refractivity contribution in [1.82, 2.24) is 5.32 Å². The van der Waals surface area contributed by atoms with Gasteiger partial charge in [0, 0.05) is 25.2 Å². The van der Waals surface area contributed by atoms with Crippen LogP contribution in [0.15, 0.2) is 5.11 Å². The molecule has 0 aromatic carbocycles. The Morgan fingerprint density at radius 1 is 1.55 bits per heavy atom. The second-order valence-corrected chi connectivity index (χ2v) is 5.13. The van der Waals surface area contributed by atoms with Crippen molar-refractivity contribution in [2.24, 2.45) is 5.11 Å². The normalized spacial score (nSPS) is 35.9. The number of carbonyl (C=O) groups is 1. The number of hydrogen-bond donors (Lipinski definition) is 6. The Labute approximate surface area is 125 Å². The van der Waals surface area contributed by atoms with Crippen LogP contribution in [0.1, 0.15) is 13.3 Å². The summed E-state index contributed by atoms with van der Waals surface area (Å²) in [6.45, 7) is 4.45. The van der Waals surface area contributed by atoms with Gasteiger partial charge in [-0.05, 0) is 5.53 Å². The lowest BCUT2D eigenvalue weighted by Crippen LogP contribution is -2.65. The fourth-order valence-electron chi connectivity index (χ4n) is 2.23. The average Bonchev–Trinajstić information content (AvgIpc) is 2.39. The molecule has 1 aliphatic rings. The van der Waals surface area contributed by atoms with Crippen LogP contribution in [0.4, 0.5) is 0 Å². The van der Waals surface area contributed by atoms with Crippen molar-refractivity contribution < 1.29 is 35.1 Å². The van der Waals surface area contributed by atoms with Crippen LogP contribution in [-0.2, 0) is 9.53 Å². The first-order valence-corrected chi connectivity index (χ1v) is 6.38. The minimum absolute atomic E-state index is 0.351. The quantitative estimate of drug-likeness (QED) is 0.183. The second-order valence-electron chi connectivity index (χ2n) is 5.13. The Balaban J connectivity index is 3.01. The van der Waals surface area contributed by atoms with Crippen LogP contribution in [0.2, 0.25) is 0 Å². The summed E-state index contributed by atoms with van der Waals surface area (Å²) >= 11 is 0.